The SMILES string of the molecule is CC(Nc1ccc(C(F)(F)F)cc1C#N)c1cscn1. The van der Waals surface area contributed by atoms with Gasteiger partial charge in [-0.2, -0.15) is 18.4 Å². The van der Waals surface area contributed by atoms with Gasteiger partial charge in [0.2, 0.25) is 0 Å². The van der Waals surface area contributed by atoms with Crippen LogP contribution >= 0.6 is 11.3 Å². The van der Waals surface area contributed by atoms with Gasteiger partial charge < -0.3 is 5.32 Å². The van der Waals surface area contributed by atoms with Crippen LogP contribution in [0.4, 0.5) is 18.9 Å². The predicted molar refractivity (Wildman–Crippen MR) is 70.3 cm³/mol. The monoisotopic (exact) mass is 297 g/mol. The van der Waals surface area contributed by atoms with Crippen LogP contribution in [0.1, 0.15) is 29.8 Å². The first kappa shape index (κ1) is 14.3. The van der Waals surface area contributed by atoms with E-state index in [-0.39, 0.29) is 11.6 Å². The Morgan fingerprint density at radius 3 is 2.70 bits per heavy atom. The Morgan fingerprint density at radius 1 is 1.40 bits per heavy atom. The fraction of sp³-hybridized carbons (Fsp3) is 0.231. The molecule has 2 aromatic rings. The second-order valence-electron chi connectivity index (χ2n) is 4.15. The average molecular weight is 297 g/mol. The molecule has 0 saturated carbocycles. The summed E-state index contributed by atoms with van der Waals surface area (Å²) >= 11 is 1.43. The number of halogens is 3. The maximum absolute atomic E-state index is 12.6. The number of aromatic nitrogens is 1. The summed E-state index contributed by atoms with van der Waals surface area (Å²) in [6, 6.07) is 4.66. The van der Waals surface area contributed by atoms with Gasteiger partial charge in [-0.05, 0) is 25.1 Å². The Balaban J connectivity index is 2.27. The van der Waals surface area contributed by atoms with Crippen LogP contribution in [0.2, 0.25) is 0 Å². The fourth-order valence-corrected chi connectivity index (χ4v) is 2.33. The molecule has 20 heavy (non-hydrogen) atoms. The molecule has 2 rings (SSSR count). The Labute approximate surface area is 117 Å². The third-order valence-corrected chi connectivity index (χ3v) is 3.34. The van der Waals surface area contributed by atoms with Crippen molar-refractivity contribution in [3.63, 3.8) is 0 Å². The van der Waals surface area contributed by atoms with Gasteiger partial charge in [0.25, 0.3) is 0 Å². The van der Waals surface area contributed by atoms with Crippen molar-refractivity contribution in [3.8, 4) is 6.07 Å². The number of nitrogens with zero attached hydrogens (tertiary/aromatic N) is 2. The lowest BCUT2D eigenvalue weighted by Crippen LogP contribution is -2.10. The molecule has 1 unspecified atom stereocenters. The van der Waals surface area contributed by atoms with E-state index in [9.17, 15) is 13.2 Å². The van der Waals surface area contributed by atoms with Crippen molar-refractivity contribution in [1.82, 2.24) is 4.98 Å². The first-order valence-corrected chi connectivity index (χ1v) is 6.62. The minimum absolute atomic E-state index is 0.0399. The number of thiazole rings is 1. The smallest absolute Gasteiger partial charge is 0.376 e. The molecular formula is C13H10F3N3S. The molecule has 0 bridgehead atoms. The van der Waals surface area contributed by atoms with Crippen molar-refractivity contribution >= 4 is 17.0 Å². The summed E-state index contributed by atoms with van der Waals surface area (Å²) in [4.78, 5) is 4.12. The molecule has 1 heterocycles. The van der Waals surface area contributed by atoms with Crippen LogP contribution < -0.4 is 5.32 Å². The van der Waals surface area contributed by atoms with E-state index in [0.717, 1.165) is 17.8 Å². The molecule has 7 heteroatoms. The molecule has 0 amide bonds. The topological polar surface area (TPSA) is 48.7 Å². The van der Waals surface area contributed by atoms with Crippen molar-refractivity contribution in [2.75, 3.05) is 5.32 Å². The van der Waals surface area contributed by atoms with E-state index in [2.05, 4.69) is 10.3 Å². The second-order valence-corrected chi connectivity index (χ2v) is 4.87. The van der Waals surface area contributed by atoms with Crippen LogP contribution in [-0.4, -0.2) is 4.98 Å². The predicted octanol–water partition coefficient (Wildman–Crippen LogP) is 4.21. The molecular weight excluding hydrogens is 287 g/mol. The molecule has 0 radical (unpaired) electrons. The van der Waals surface area contributed by atoms with Crippen LogP contribution in [0.25, 0.3) is 0 Å². The summed E-state index contributed by atoms with van der Waals surface area (Å²) in [5.41, 5.74) is 1.94. The van der Waals surface area contributed by atoms with E-state index in [1.54, 1.807) is 11.6 Å². The number of nitrogens with one attached hydrogen (secondary N) is 1. The second kappa shape index (κ2) is 5.51. The molecule has 1 aromatic carbocycles. The van der Waals surface area contributed by atoms with E-state index in [1.165, 1.54) is 17.4 Å². The molecule has 1 atom stereocenters. The molecule has 3 nitrogen and oxygen atoms in total. The summed E-state index contributed by atoms with van der Waals surface area (Å²) in [5.74, 6) is 0. The fourth-order valence-electron chi connectivity index (χ4n) is 1.68. The Kier molecular flexibility index (Phi) is 3.95. The van der Waals surface area contributed by atoms with Gasteiger partial charge in [0.05, 0.1) is 34.1 Å². The van der Waals surface area contributed by atoms with Crippen LogP contribution in [0.5, 0.6) is 0 Å². The summed E-state index contributed by atoms with van der Waals surface area (Å²) in [6.45, 7) is 1.83. The first-order valence-electron chi connectivity index (χ1n) is 5.68. The number of nitriles is 1. The van der Waals surface area contributed by atoms with E-state index in [1.807, 2.05) is 12.3 Å². The summed E-state index contributed by atoms with van der Waals surface area (Å²) < 4.78 is 37.7. The maximum atomic E-state index is 12.6. The third kappa shape index (κ3) is 3.08. The number of anilines is 1. The molecule has 104 valence electrons. The van der Waals surface area contributed by atoms with Gasteiger partial charge in [-0.1, -0.05) is 0 Å². The molecule has 0 fully saturated rings. The number of benzene rings is 1. The van der Waals surface area contributed by atoms with Gasteiger partial charge in [-0.3, -0.25) is 0 Å². The largest absolute Gasteiger partial charge is 0.416 e. The Morgan fingerprint density at radius 2 is 2.15 bits per heavy atom. The highest BCUT2D eigenvalue weighted by molar-refractivity contribution is 7.07. The van der Waals surface area contributed by atoms with Crippen molar-refractivity contribution in [2.24, 2.45) is 0 Å². The quantitative estimate of drug-likeness (QED) is 0.923. The summed E-state index contributed by atoms with van der Waals surface area (Å²) in [5, 5.41) is 13.8. The highest BCUT2D eigenvalue weighted by atomic mass is 32.1. The highest BCUT2D eigenvalue weighted by Crippen LogP contribution is 2.32. The van der Waals surface area contributed by atoms with Crippen LogP contribution in [0.3, 0.4) is 0 Å². The zero-order valence-electron chi connectivity index (χ0n) is 10.4. The number of rotatable bonds is 3. The van der Waals surface area contributed by atoms with Crippen molar-refractivity contribution in [2.45, 2.75) is 19.1 Å². The molecule has 0 aliphatic heterocycles. The molecule has 0 saturated heterocycles. The van der Waals surface area contributed by atoms with Crippen LogP contribution in [0.15, 0.2) is 29.1 Å². The van der Waals surface area contributed by atoms with Gasteiger partial charge in [0.1, 0.15) is 6.07 Å². The normalized spacial score (nSPS) is 12.8. The summed E-state index contributed by atoms with van der Waals surface area (Å²) in [7, 11) is 0. The van der Waals surface area contributed by atoms with Gasteiger partial charge in [-0.15, -0.1) is 11.3 Å². The van der Waals surface area contributed by atoms with Gasteiger partial charge in [0, 0.05) is 5.38 Å². The lowest BCUT2D eigenvalue weighted by Gasteiger charge is -2.15. The summed E-state index contributed by atoms with van der Waals surface area (Å²) in [6.07, 6.45) is -4.45. The number of hydrogen-bond donors (Lipinski definition) is 1. The van der Waals surface area contributed by atoms with Crippen LogP contribution in [-0.2, 0) is 6.18 Å². The third-order valence-electron chi connectivity index (χ3n) is 2.73. The van der Waals surface area contributed by atoms with E-state index < -0.39 is 11.7 Å². The zero-order valence-corrected chi connectivity index (χ0v) is 11.2. The van der Waals surface area contributed by atoms with Crippen molar-refractivity contribution in [3.05, 3.63) is 45.9 Å². The Bertz CT molecular complexity index is 629. The lowest BCUT2D eigenvalue weighted by molar-refractivity contribution is -0.137. The van der Waals surface area contributed by atoms with E-state index in [0.29, 0.717) is 5.69 Å². The van der Waals surface area contributed by atoms with Crippen molar-refractivity contribution in [1.29, 1.82) is 5.26 Å². The van der Waals surface area contributed by atoms with E-state index >= 15 is 0 Å². The Hall–Kier alpha value is -2.07. The van der Waals surface area contributed by atoms with Gasteiger partial charge >= 0.3 is 6.18 Å². The molecule has 1 aromatic heterocycles. The van der Waals surface area contributed by atoms with E-state index in [4.69, 9.17) is 5.26 Å². The average Bonchev–Trinajstić information content (AvgIpc) is 2.91. The lowest BCUT2D eigenvalue weighted by atomic mass is 10.1. The molecule has 1 N–H and O–H groups in total. The molecule has 0 aliphatic carbocycles. The first-order chi connectivity index (χ1) is 9.41. The van der Waals surface area contributed by atoms with Gasteiger partial charge in [-0.25, -0.2) is 4.98 Å². The van der Waals surface area contributed by atoms with Crippen molar-refractivity contribution < 1.29 is 13.2 Å². The number of alkyl halides is 3. The minimum Gasteiger partial charge on any atom is -0.376 e. The van der Waals surface area contributed by atoms with Gasteiger partial charge in [0.15, 0.2) is 0 Å². The standard InChI is InChI=1S/C13H10F3N3S/c1-8(12-6-20-7-18-12)19-11-3-2-10(13(14,15)16)4-9(11)5-17/h2-4,6-8,19H,1H3. The molecule has 0 spiro atoms. The zero-order chi connectivity index (χ0) is 14.8. The molecule has 0 aliphatic rings. The number of hydrogen-bond acceptors (Lipinski definition) is 4. The highest BCUT2D eigenvalue weighted by Gasteiger charge is 2.31. The maximum Gasteiger partial charge on any atom is 0.416 e. The minimum atomic E-state index is -4.45. The van der Waals surface area contributed by atoms with Crippen LogP contribution in [0, 0.1) is 11.3 Å².